The summed E-state index contributed by atoms with van der Waals surface area (Å²) in [7, 11) is 0. The minimum absolute atomic E-state index is 0.0766. The van der Waals surface area contributed by atoms with Gasteiger partial charge in [0, 0.05) is 33.4 Å². The van der Waals surface area contributed by atoms with Crippen molar-refractivity contribution >= 4 is 22.5 Å². The van der Waals surface area contributed by atoms with Crippen LogP contribution >= 0.6 is 11.6 Å². The Hall–Kier alpha value is -2.40. The minimum Gasteiger partial charge on any atom is -0.494 e. The molecule has 0 radical (unpaired) electrons. The van der Waals surface area contributed by atoms with E-state index < -0.39 is 0 Å². The fraction of sp³-hybridized carbons (Fsp3) is 0.188. The average Bonchev–Trinajstić information content (AvgIpc) is 3.23. The van der Waals surface area contributed by atoms with Crippen LogP contribution < -0.4 is 0 Å². The topological polar surface area (TPSA) is 74.1 Å². The number of halogens is 1. The molecule has 2 atom stereocenters. The average molecular weight is 314 g/mol. The molecule has 2 bridgehead atoms. The smallest absolute Gasteiger partial charge is 0.204 e. The number of benzene rings is 1. The van der Waals surface area contributed by atoms with Gasteiger partial charge in [0.15, 0.2) is 5.82 Å². The van der Waals surface area contributed by atoms with E-state index in [2.05, 4.69) is 22.3 Å². The molecule has 5 rings (SSSR count). The Morgan fingerprint density at radius 1 is 1.14 bits per heavy atom. The Bertz CT molecular complexity index is 934. The van der Waals surface area contributed by atoms with Crippen molar-refractivity contribution in [1.29, 1.82) is 0 Å². The zero-order valence-corrected chi connectivity index (χ0v) is 12.2. The SMILES string of the molecule is Oc1c2c(c(O)n1-c1n[nH]c3cc(Cl)ccc13)[C@H]1C=C[C@@H]2C1. The van der Waals surface area contributed by atoms with Gasteiger partial charge < -0.3 is 10.2 Å². The zero-order valence-electron chi connectivity index (χ0n) is 11.4. The van der Waals surface area contributed by atoms with Crippen LogP contribution in [0.5, 0.6) is 11.8 Å². The van der Waals surface area contributed by atoms with Crippen molar-refractivity contribution < 1.29 is 10.2 Å². The minimum atomic E-state index is 0.0766. The third-order valence-electron chi connectivity index (χ3n) is 4.74. The molecule has 22 heavy (non-hydrogen) atoms. The van der Waals surface area contributed by atoms with Gasteiger partial charge in [-0.1, -0.05) is 23.8 Å². The Labute approximate surface area is 130 Å². The number of aromatic amines is 1. The molecule has 2 aliphatic rings. The van der Waals surface area contributed by atoms with Gasteiger partial charge >= 0.3 is 0 Å². The van der Waals surface area contributed by atoms with Crippen LogP contribution in [0.4, 0.5) is 0 Å². The molecule has 5 nitrogen and oxygen atoms in total. The van der Waals surface area contributed by atoms with Crippen molar-refractivity contribution in [2.45, 2.75) is 18.3 Å². The molecule has 6 heteroatoms. The van der Waals surface area contributed by atoms with Crippen molar-refractivity contribution in [2.75, 3.05) is 0 Å². The van der Waals surface area contributed by atoms with E-state index in [9.17, 15) is 10.2 Å². The van der Waals surface area contributed by atoms with E-state index in [1.54, 1.807) is 12.1 Å². The van der Waals surface area contributed by atoms with Gasteiger partial charge in [-0.15, -0.1) is 0 Å². The second-order valence-corrected chi connectivity index (χ2v) is 6.32. The van der Waals surface area contributed by atoms with Crippen molar-refractivity contribution in [3.63, 3.8) is 0 Å². The number of allylic oxidation sites excluding steroid dienone is 2. The first kappa shape index (κ1) is 12.2. The molecular formula is C16H12ClN3O2. The molecule has 0 saturated heterocycles. The maximum Gasteiger partial charge on any atom is 0.204 e. The third-order valence-corrected chi connectivity index (χ3v) is 4.97. The summed E-state index contributed by atoms with van der Waals surface area (Å²) in [5.74, 6) is 1.01. The highest BCUT2D eigenvalue weighted by molar-refractivity contribution is 6.31. The molecule has 3 N–H and O–H groups in total. The van der Waals surface area contributed by atoms with Crippen LogP contribution in [0.25, 0.3) is 16.7 Å². The van der Waals surface area contributed by atoms with Crippen LogP contribution in [0, 0.1) is 0 Å². The summed E-state index contributed by atoms with van der Waals surface area (Å²) in [6.07, 6.45) is 5.13. The Kier molecular flexibility index (Phi) is 2.14. The highest BCUT2D eigenvalue weighted by Crippen LogP contribution is 2.57. The fourth-order valence-corrected chi connectivity index (χ4v) is 3.96. The number of H-pyrrole nitrogens is 1. The number of aromatic nitrogens is 3. The lowest BCUT2D eigenvalue weighted by Crippen LogP contribution is -1.96. The number of hydrogen-bond donors (Lipinski definition) is 3. The molecule has 0 saturated carbocycles. The summed E-state index contributed by atoms with van der Waals surface area (Å²) < 4.78 is 1.42. The van der Waals surface area contributed by atoms with Crippen molar-refractivity contribution in [3.05, 3.63) is 46.5 Å². The number of rotatable bonds is 1. The van der Waals surface area contributed by atoms with E-state index in [0.29, 0.717) is 10.8 Å². The number of aromatic hydroxyl groups is 2. The van der Waals surface area contributed by atoms with E-state index in [-0.39, 0.29) is 23.6 Å². The second kappa shape index (κ2) is 3.87. The molecule has 0 amide bonds. The summed E-state index contributed by atoms with van der Waals surface area (Å²) in [5, 5.41) is 29.8. The predicted molar refractivity (Wildman–Crippen MR) is 83.0 cm³/mol. The van der Waals surface area contributed by atoms with Gasteiger partial charge in [0.05, 0.1) is 5.52 Å². The molecular weight excluding hydrogens is 302 g/mol. The lowest BCUT2D eigenvalue weighted by Gasteiger charge is -2.07. The first-order valence-electron chi connectivity index (χ1n) is 7.14. The Morgan fingerprint density at radius 2 is 1.82 bits per heavy atom. The van der Waals surface area contributed by atoms with Gasteiger partial charge in [0.25, 0.3) is 0 Å². The maximum atomic E-state index is 10.6. The highest BCUT2D eigenvalue weighted by Gasteiger charge is 2.41. The van der Waals surface area contributed by atoms with Gasteiger partial charge in [-0.25, -0.2) is 4.57 Å². The van der Waals surface area contributed by atoms with Gasteiger partial charge in [0.2, 0.25) is 11.8 Å². The van der Waals surface area contributed by atoms with E-state index in [4.69, 9.17) is 11.6 Å². The standard InChI is InChI=1S/C16H12ClN3O2/c17-9-3-4-10-11(6-9)18-19-14(10)20-15(21)12-7-1-2-8(5-7)13(12)16(20)22/h1-4,6-8,21-22H,5H2,(H,18,19)/t7-,8+. The summed E-state index contributed by atoms with van der Waals surface area (Å²) in [6.45, 7) is 0. The zero-order chi connectivity index (χ0) is 15.0. The van der Waals surface area contributed by atoms with Crippen LogP contribution in [0.1, 0.15) is 29.4 Å². The van der Waals surface area contributed by atoms with E-state index in [1.807, 2.05) is 6.07 Å². The first-order chi connectivity index (χ1) is 10.6. The van der Waals surface area contributed by atoms with Gasteiger partial charge in [-0.3, -0.25) is 5.10 Å². The maximum absolute atomic E-state index is 10.6. The quantitative estimate of drug-likeness (QED) is 0.601. The largest absolute Gasteiger partial charge is 0.494 e. The molecule has 110 valence electrons. The third kappa shape index (κ3) is 1.32. The van der Waals surface area contributed by atoms with Gasteiger partial charge in [-0.2, -0.15) is 5.10 Å². The van der Waals surface area contributed by atoms with Crippen molar-refractivity contribution in [3.8, 4) is 17.6 Å². The molecule has 3 aromatic rings. The van der Waals surface area contributed by atoms with Gasteiger partial charge in [0.1, 0.15) is 0 Å². The molecule has 0 aliphatic heterocycles. The van der Waals surface area contributed by atoms with E-state index >= 15 is 0 Å². The normalized spacial score (nSPS) is 21.9. The molecule has 2 aromatic heterocycles. The fourth-order valence-electron chi connectivity index (χ4n) is 3.79. The van der Waals surface area contributed by atoms with Gasteiger partial charge in [-0.05, 0) is 24.6 Å². The molecule has 0 spiro atoms. The number of fused-ring (bicyclic) bond motifs is 6. The second-order valence-electron chi connectivity index (χ2n) is 5.88. The molecule has 2 aliphatic carbocycles. The predicted octanol–water partition coefficient (Wildman–Crippen LogP) is 3.56. The van der Waals surface area contributed by atoms with Crippen molar-refractivity contribution in [2.24, 2.45) is 0 Å². The number of nitrogens with one attached hydrogen (secondary N) is 1. The van der Waals surface area contributed by atoms with E-state index in [1.165, 1.54) is 4.57 Å². The van der Waals surface area contributed by atoms with Crippen LogP contribution in [0.3, 0.4) is 0 Å². The number of nitrogens with zero attached hydrogens (tertiary/aromatic N) is 2. The van der Waals surface area contributed by atoms with E-state index in [0.717, 1.165) is 28.5 Å². The summed E-state index contributed by atoms with van der Waals surface area (Å²) >= 11 is 5.98. The molecule has 0 fully saturated rings. The molecule has 0 unspecified atom stereocenters. The Morgan fingerprint density at radius 3 is 2.50 bits per heavy atom. The first-order valence-corrected chi connectivity index (χ1v) is 7.51. The van der Waals surface area contributed by atoms with Crippen LogP contribution in [0.2, 0.25) is 5.02 Å². The summed E-state index contributed by atoms with van der Waals surface area (Å²) in [6, 6.07) is 5.36. The highest BCUT2D eigenvalue weighted by atomic mass is 35.5. The van der Waals surface area contributed by atoms with Crippen LogP contribution in [-0.4, -0.2) is 25.0 Å². The summed E-state index contributed by atoms with van der Waals surface area (Å²) in [4.78, 5) is 0. The lowest BCUT2D eigenvalue weighted by molar-refractivity contribution is 0.394. The Balaban J connectivity index is 1.80. The summed E-state index contributed by atoms with van der Waals surface area (Å²) in [5.41, 5.74) is 2.42. The molecule has 2 heterocycles. The van der Waals surface area contributed by atoms with Crippen LogP contribution in [-0.2, 0) is 0 Å². The number of hydrogen-bond acceptors (Lipinski definition) is 3. The monoisotopic (exact) mass is 313 g/mol. The lowest BCUT2D eigenvalue weighted by atomic mass is 10.0. The van der Waals surface area contributed by atoms with Crippen LogP contribution in [0.15, 0.2) is 30.4 Å². The molecule has 1 aromatic carbocycles. The van der Waals surface area contributed by atoms with Crippen molar-refractivity contribution in [1.82, 2.24) is 14.8 Å².